The molecule has 1 N–H and O–H groups in total. The van der Waals surface area contributed by atoms with E-state index >= 15 is 0 Å². The first kappa shape index (κ1) is 22.5. The minimum absolute atomic E-state index is 0.0786. The van der Waals surface area contributed by atoms with Crippen LogP contribution in [0.3, 0.4) is 0 Å². The van der Waals surface area contributed by atoms with Crippen molar-refractivity contribution >= 4 is 27.6 Å². The highest BCUT2D eigenvalue weighted by atomic mass is 16.5. The second-order valence-electron chi connectivity index (χ2n) is 8.44. The third-order valence-electron chi connectivity index (χ3n) is 6.10. The van der Waals surface area contributed by atoms with Crippen LogP contribution in [0.2, 0.25) is 0 Å². The molecule has 1 amide bonds. The topological polar surface area (TPSA) is 73.6 Å². The van der Waals surface area contributed by atoms with Gasteiger partial charge in [-0.15, -0.1) is 0 Å². The van der Waals surface area contributed by atoms with Crippen LogP contribution in [0.25, 0.3) is 21.7 Å². The molecule has 0 saturated heterocycles. The average molecular weight is 467 g/mol. The summed E-state index contributed by atoms with van der Waals surface area (Å²) < 4.78 is 17.2. The Kier molecular flexibility index (Phi) is 6.35. The quantitative estimate of drug-likeness (QED) is 0.304. The van der Waals surface area contributed by atoms with Crippen LogP contribution in [0.15, 0.2) is 89.8 Å². The van der Waals surface area contributed by atoms with Gasteiger partial charge >= 0.3 is 0 Å². The summed E-state index contributed by atoms with van der Waals surface area (Å²) in [4.78, 5) is 17.0. The van der Waals surface area contributed by atoms with Crippen molar-refractivity contribution in [1.29, 1.82) is 0 Å². The zero-order valence-electron chi connectivity index (χ0n) is 19.7. The van der Waals surface area contributed by atoms with Crippen molar-refractivity contribution in [2.75, 3.05) is 7.11 Å². The molecular formula is C29H26N2O4. The fraction of sp³-hybridized carbons (Fsp3) is 0.172. The molecule has 0 fully saturated rings. The van der Waals surface area contributed by atoms with Gasteiger partial charge in [-0.05, 0) is 59.2 Å². The molecule has 0 saturated carbocycles. The maximum Gasteiger partial charge on any atom is 0.225 e. The maximum absolute atomic E-state index is 12.9. The predicted molar refractivity (Wildman–Crippen MR) is 136 cm³/mol. The summed E-state index contributed by atoms with van der Waals surface area (Å²) in [6.45, 7) is 2.37. The van der Waals surface area contributed by atoms with Crippen LogP contribution < -0.4 is 14.8 Å². The second-order valence-corrected chi connectivity index (χ2v) is 8.44. The fourth-order valence-corrected chi connectivity index (χ4v) is 4.27. The first-order valence-electron chi connectivity index (χ1n) is 11.5. The van der Waals surface area contributed by atoms with Crippen LogP contribution in [0.4, 0.5) is 0 Å². The number of ether oxygens (including phenoxy) is 2. The summed E-state index contributed by atoms with van der Waals surface area (Å²) in [6.07, 6.45) is 5.38. The van der Waals surface area contributed by atoms with Gasteiger partial charge in [0.1, 0.15) is 12.2 Å². The van der Waals surface area contributed by atoms with Crippen LogP contribution >= 0.6 is 0 Å². The average Bonchev–Trinajstić information content (AvgIpc) is 3.31. The van der Waals surface area contributed by atoms with Crippen LogP contribution in [0, 0.1) is 0 Å². The lowest BCUT2D eigenvalue weighted by Gasteiger charge is -2.17. The van der Waals surface area contributed by atoms with Gasteiger partial charge in [-0.3, -0.25) is 9.78 Å². The summed E-state index contributed by atoms with van der Waals surface area (Å²) >= 11 is 0. The number of hydrogen-bond acceptors (Lipinski definition) is 5. The van der Waals surface area contributed by atoms with Crippen molar-refractivity contribution in [1.82, 2.24) is 10.3 Å². The number of benzene rings is 3. The monoisotopic (exact) mass is 466 g/mol. The van der Waals surface area contributed by atoms with E-state index in [-0.39, 0.29) is 18.4 Å². The molecule has 0 spiro atoms. The first-order chi connectivity index (χ1) is 17.1. The lowest BCUT2D eigenvalue weighted by molar-refractivity contribution is -0.121. The Labute approximate surface area is 203 Å². The summed E-state index contributed by atoms with van der Waals surface area (Å²) in [5.74, 6) is 1.18. The number of nitrogens with zero attached hydrogens (tertiary/aromatic N) is 1. The molecule has 5 rings (SSSR count). The molecule has 0 aliphatic heterocycles. The molecule has 0 bridgehead atoms. The third-order valence-corrected chi connectivity index (χ3v) is 6.10. The van der Waals surface area contributed by atoms with Crippen LogP contribution in [-0.2, 0) is 17.8 Å². The molecule has 176 valence electrons. The van der Waals surface area contributed by atoms with E-state index in [1.807, 2.05) is 61.5 Å². The van der Waals surface area contributed by atoms with Gasteiger partial charge in [-0.1, -0.05) is 36.4 Å². The maximum atomic E-state index is 12.9. The van der Waals surface area contributed by atoms with Gasteiger partial charge in [0.05, 0.1) is 25.8 Å². The molecule has 6 heteroatoms. The smallest absolute Gasteiger partial charge is 0.225 e. The molecule has 0 aliphatic rings. The van der Waals surface area contributed by atoms with Crippen LogP contribution in [-0.4, -0.2) is 18.0 Å². The SMILES string of the molecule is COc1cc(C(C)NC(=O)Cc2coc3ccc4ccccc4c23)ccc1OCc1ccncc1. The Morgan fingerprint density at radius 1 is 1.03 bits per heavy atom. The number of pyridine rings is 1. The Balaban J connectivity index is 1.28. The van der Waals surface area contributed by atoms with Crippen molar-refractivity contribution in [2.24, 2.45) is 0 Å². The molecule has 35 heavy (non-hydrogen) atoms. The van der Waals surface area contributed by atoms with Gasteiger partial charge in [0.15, 0.2) is 11.5 Å². The second kappa shape index (κ2) is 9.89. The number of furan rings is 1. The van der Waals surface area contributed by atoms with E-state index in [2.05, 4.69) is 22.4 Å². The number of carbonyl (C=O) groups is 1. The molecule has 0 radical (unpaired) electrons. The fourth-order valence-electron chi connectivity index (χ4n) is 4.27. The summed E-state index contributed by atoms with van der Waals surface area (Å²) in [7, 11) is 1.61. The Morgan fingerprint density at radius 2 is 1.86 bits per heavy atom. The van der Waals surface area contributed by atoms with Crippen LogP contribution in [0.1, 0.15) is 29.7 Å². The summed E-state index contributed by atoms with van der Waals surface area (Å²) in [6, 6.07) is 21.4. The Morgan fingerprint density at radius 3 is 2.69 bits per heavy atom. The lowest BCUT2D eigenvalue weighted by Crippen LogP contribution is -2.28. The van der Waals surface area contributed by atoms with E-state index in [0.717, 1.165) is 38.4 Å². The lowest BCUT2D eigenvalue weighted by atomic mass is 10.0. The number of hydrogen-bond donors (Lipinski definition) is 1. The van der Waals surface area contributed by atoms with Gasteiger partial charge < -0.3 is 19.2 Å². The predicted octanol–water partition coefficient (Wildman–Crippen LogP) is 5.99. The van der Waals surface area contributed by atoms with Gasteiger partial charge in [0.25, 0.3) is 0 Å². The Hall–Kier alpha value is -4.32. The number of nitrogens with one attached hydrogen (secondary N) is 1. The van der Waals surface area contributed by atoms with Crippen molar-refractivity contribution in [2.45, 2.75) is 26.0 Å². The number of rotatable bonds is 8. The molecule has 2 aromatic heterocycles. The summed E-state index contributed by atoms with van der Waals surface area (Å²) in [5, 5.41) is 6.29. The van der Waals surface area contributed by atoms with E-state index in [1.165, 1.54) is 0 Å². The Bertz CT molecular complexity index is 1480. The molecule has 2 heterocycles. The number of amides is 1. The molecule has 3 aromatic carbocycles. The molecule has 5 aromatic rings. The number of carbonyl (C=O) groups excluding carboxylic acids is 1. The molecule has 1 atom stereocenters. The zero-order chi connectivity index (χ0) is 24.2. The highest BCUT2D eigenvalue weighted by Crippen LogP contribution is 2.32. The van der Waals surface area contributed by atoms with E-state index in [4.69, 9.17) is 13.9 Å². The van der Waals surface area contributed by atoms with E-state index in [0.29, 0.717) is 18.1 Å². The van der Waals surface area contributed by atoms with Crippen molar-refractivity contribution in [3.8, 4) is 11.5 Å². The molecule has 0 aliphatic carbocycles. The molecular weight excluding hydrogens is 440 g/mol. The van der Waals surface area contributed by atoms with E-state index in [1.54, 1.807) is 25.8 Å². The minimum Gasteiger partial charge on any atom is -0.493 e. The van der Waals surface area contributed by atoms with Gasteiger partial charge in [-0.25, -0.2) is 0 Å². The molecule has 1 unspecified atom stereocenters. The zero-order valence-corrected chi connectivity index (χ0v) is 19.7. The minimum atomic E-state index is -0.208. The van der Waals surface area contributed by atoms with Crippen molar-refractivity contribution in [3.63, 3.8) is 0 Å². The van der Waals surface area contributed by atoms with Gasteiger partial charge in [0.2, 0.25) is 5.91 Å². The highest BCUT2D eigenvalue weighted by Gasteiger charge is 2.17. The van der Waals surface area contributed by atoms with Crippen molar-refractivity contribution in [3.05, 3.63) is 102 Å². The standard InChI is InChI=1S/C29H26N2O4/c1-19(22-8-9-25(27(15-22)33-2)34-17-20-11-13-30-14-12-20)31-28(32)16-23-18-35-26-10-7-21-5-3-4-6-24(21)29(23)26/h3-15,18-19H,16-17H2,1-2H3,(H,31,32). The van der Waals surface area contributed by atoms with E-state index in [9.17, 15) is 4.79 Å². The first-order valence-corrected chi connectivity index (χ1v) is 11.5. The number of aromatic nitrogens is 1. The normalized spacial score (nSPS) is 11.9. The largest absolute Gasteiger partial charge is 0.493 e. The van der Waals surface area contributed by atoms with Gasteiger partial charge in [-0.2, -0.15) is 0 Å². The van der Waals surface area contributed by atoms with Gasteiger partial charge in [0, 0.05) is 23.3 Å². The van der Waals surface area contributed by atoms with E-state index < -0.39 is 0 Å². The molecule has 6 nitrogen and oxygen atoms in total. The number of fused-ring (bicyclic) bond motifs is 3. The highest BCUT2D eigenvalue weighted by molar-refractivity contribution is 6.08. The van der Waals surface area contributed by atoms with Crippen LogP contribution in [0.5, 0.6) is 11.5 Å². The third kappa shape index (κ3) is 4.82. The number of methoxy groups -OCH3 is 1. The summed E-state index contributed by atoms with van der Waals surface area (Å²) in [5.41, 5.74) is 3.60. The van der Waals surface area contributed by atoms with Crippen molar-refractivity contribution < 1.29 is 18.7 Å².